The Hall–Kier alpha value is -2.16. The minimum absolute atomic E-state index is 0.0486. The summed E-state index contributed by atoms with van der Waals surface area (Å²) in [6.07, 6.45) is 7.70. The van der Waals surface area contributed by atoms with E-state index in [1.165, 1.54) is 12.5 Å². The molecule has 22 heavy (non-hydrogen) atoms. The van der Waals surface area contributed by atoms with Gasteiger partial charge in [-0.25, -0.2) is 4.99 Å². The zero-order valence-corrected chi connectivity index (χ0v) is 13.6. The third-order valence-corrected chi connectivity index (χ3v) is 3.81. The molecule has 0 saturated heterocycles. The van der Waals surface area contributed by atoms with Crippen LogP contribution in [0.3, 0.4) is 0 Å². The quantitative estimate of drug-likeness (QED) is 0.829. The van der Waals surface area contributed by atoms with Gasteiger partial charge in [0.25, 0.3) is 0 Å². The predicted octanol–water partition coefficient (Wildman–Crippen LogP) is 4.33. The van der Waals surface area contributed by atoms with Crippen molar-refractivity contribution in [2.45, 2.75) is 39.5 Å². The largest absolute Gasteiger partial charge is 0.481 e. The number of hydrogen-bond donors (Lipinski definition) is 0. The first-order chi connectivity index (χ1) is 10.6. The van der Waals surface area contributed by atoms with Gasteiger partial charge in [0.1, 0.15) is 5.71 Å². The number of hydrogen-bond acceptors (Lipinski definition) is 3. The van der Waals surface area contributed by atoms with E-state index in [1.807, 2.05) is 12.2 Å². The van der Waals surface area contributed by atoms with Gasteiger partial charge in [-0.2, -0.15) is 0 Å². The maximum absolute atomic E-state index is 11.9. The van der Waals surface area contributed by atoms with Crippen LogP contribution in [0.1, 0.15) is 44.2 Å². The summed E-state index contributed by atoms with van der Waals surface area (Å²) in [5, 5.41) is 0. The molecule has 1 aliphatic heterocycles. The molecule has 1 aromatic rings. The van der Waals surface area contributed by atoms with Gasteiger partial charge in [-0.05, 0) is 54.5 Å². The molecule has 0 aromatic heterocycles. The lowest BCUT2D eigenvalue weighted by molar-refractivity contribution is -0.111. The van der Waals surface area contributed by atoms with Gasteiger partial charge in [0.05, 0.1) is 7.11 Å². The van der Waals surface area contributed by atoms with Crippen LogP contribution in [0.25, 0.3) is 5.57 Å². The van der Waals surface area contributed by atoms with Crippen LogP contribution < -0.4 is 0 Å². The Morgan fingerprint density at radius 3 is 2.59 bits per heavy atom. The molecule has 0 bridgehead atoms. The molecule has 0 fully saturated rings. The van der Waals surface area contributed by atoms with Crippen LogP contribution in [0, 0.1) is 0 Å². The highest BCUT2D eigenvalue weighted by molar-refractivity contribution is 6.44. The predicted molar refractivity (Wildman–Crippen MR) is 90.9 cm³/mol. The fraction of sp³-hybridized carbons (Fsp3) is 0.368. The molecule has 116 valence electrons. The molecule has 0 aliphatic carbocycles. The standard InChI is InChI=1S/C19H23NO2/c1-4-15-9-11-16(12-10-15)17-7-5-6-8-19(22-3)20-18(13-17)14(2)21/h8-13H,4-7H2,1-3H3/b17-13+,19-8+,20-18+. The molecule has 3 nitrogen and oxygen atoms in total. The lowest BCUT2D eigenvalue weighted by Crippen LogP contribution is -2.08. The Balaban J connectivity index is 2.41. The second-order valence-corrected chi connectivity index (χ2v) is 5.41. The summed E-state index contributed by atoms with van der Waals surface area (Å²) >= 11 is 0. The Bertz CT molecular complexity index is 621. The van der Waals surface area contributed by atoms with E-state index in [2.05, 4.69) is 36.2 Å². The number of methoxy groups -OCH3 is 1. The number of aryl methyl sites for hydroxylation is 1. The molecule has 1 heterocycles. The number of Topliss-reactive ketones (excluding diaryl/α,β-unsaturated/α-hetero) is 1. The number of allylic oxidation sites excluding steroid dienone is 3. The number of ketones is 1. The van der Waals surface area contributed by atoms with Crippen LogP contribution in [0.4, 0.5) is 0 Å². The van der Waals surface area contributed by atoms with Crippen LogP contribution >= 0.6 is 0 Å². The van der Waals surface area contributed by atoms with Crippen molar-refractivity contribution in [2.75, 3.05) is 7.11 Å². The molecular formula is C19H23NO2. The number of rotatable bonds is 4. The molecule has 0 amide bonds. The number of aliphatic imine (C=N–C) groups is 1. The number of nitrogens with zero attached hydrogens (tertiary/aromatic N) is 1. The molecule has 1 aromatic carbocycles. The van der Waals surface area contributed by atoms with Crippen LogP contribution in [-0.2, 0) is 16.0 Å². The molecule has 2 rings (SSSR count). The SMILES string of the molecule is CCc1ccc(/C2=C/C(C(C)=O)=N\C(OC)=C/CCC2)cc1. The summed E-state index contributed by atoms with van der Waals surface area (Å²) in [7, 11) is 1.58. The first-order valence-corrected chi connectivity index (χ1v) is 7.77. The van der Waals surface area contributed by atoms with Crippen LogP contribution in [0.5, 0.6) is 0 Å². The minimum Gasteiger partial charge on any atom is -0.481 e. The van der Waals surface area contributed by atoms with Crippen LogP contribution in [0.2, 0.25) is 0 Å². The molecule has 0 radical (unpaired) electrons. The summed E-state index contributed by atoms with van der Waals surface area (Å²) in [4.78, 5) is 16.2. The van der Waals surface area contributed by atoms with Gasteiger partial charge >= 0.3 is 0 Å². The van der Waals surface area contributed by atoms with Crippen molar-refractivity contribution in [3.05, 3.63) is 53.4 Å². The van der Waals surface area contributed by atoms with E-state index in [0.29, 0.717) is 11.6 Å². The second kappa shape index (κ2) is 7.74. The fourth-order valence-corrected chi connectivity index (χ4v) is 2.44. The van der Waals surface area contributed by atoms with E-state index in [1.54, 1.807) is 7.11 Å². The van der Waals surface area contributed by atoms with Gasteiger partial charge in [-0.15, -0.1) is 0 Å². The van der Waals surface area contributed by atoms with Crippen LogP contribution in [0.15, 0.2) is 47.3 Å². The summed E-state index contributed by atoms with van der Waals surface area (Å²) in [6, 6.07) is 8.55. The van der Waals surface area contributed by atoms with Crippen molar-refractivity contribution in [3.8, 4) is 0 Å². The molecule has 0 spiro atoms. The van der Waals surface area contributed by atoms with Gasteiger partial charge in [-0.3, -0.25) is 4.79 Å². The molecular weight excluding hydrogens is 274 g/mol. The van der Waals surface area contributed by atoms with Crippen molar-refractivity contribution in [3.63, 3.8) is 0 Å². The lowest BCUT2D eigenvalue weighted by Gasteiger charge is -2.08. The summed E-state index contributed by atoms with van der Waals surface area (Å²) in [5.41, 5.74) is 4.08. The summed E-state index contributed by atoms with van der Waals surface area (Å²) in [6.45, 7) is 3.69. The van der Waals surface area contributed by atoms with Crippen molar-refractivity contribution in [2.24, 2.45) is 4.99 Å². The van der Waals surface area contributed by atoms with Crippen molar-refractivity contribution >= 4 is 17.1 Å². The Morgan fingerprint density at radius 1 is 1.27 bits per heavy atom. The van der Waals surface area contributed by atoms with E-state index >= 15 is 0 Å². The number of benzene rings is 1. The van der Waals surface area contributed by atoms with Crippen LogP contribution in [-0.4, -0.2) is 18.6 Å². The average Bonchev–Trinajstić information content (AvgIpc) is 2.65. The maximum Gasteiger partial charge on any atom is 0.209 e. The monoisotopic (exact) mass is 297 g/mol. The number of ether oxygens (including phenoxy) is 1. The van der Waals surface area contributed by atoms with Crippen molar-refractivity contribution in [1.82, 2.24) is 0 Å². The smallest absolute Gasteiger partial charge is 0.209 e. The lowest BCUT2D eigenvalue weighted by atomic mass is 9.97. The summed E-state index contributed by atoms with van der Waals surface area (Å²) < 4.78 is 5.23. The second-order valence-electron chi connectivity index (χ2n) is 5.41. The topological polar surface area (TPSA) is 38.7 Å². The first kappa shape index (κ1) is 16.2. The number of carbonyl (C=O) groups excluding carboxylic acids is 1. The highest BCUT2D eigenvalue weighted by Crippen LogP contribution is 2.24. The van der Waals surface area contributed by atoms with Gasteiger partial charge in [0.15, 0.2) is 5.78 Å². The van der Waals surface area contributed by atoms with E-state index < -0.39 is 0 Å². The average molecular weight is 297 g/mol. The maximum atomic E-state index is 11.9. The highest BCUT2D eigenvalue weighted by atomic mass is 16.5. The van der Waals surface area contributed by atoms with Crippen molar-refractivity contribution in [1.29, 1.82) is 0 Å². The highest BCUT2D eigenvalue weighted by Gasteiger charge is 2.11. The third kappa shape index (κ3) is 4.17. The summed E-state index contributed by atoms with van der Waals surface area (Å²) in [5.74, 6) is 0.469. The van der Waals surface area contributed by atoms with Gasteiger partial charge in [-0.1, -0.05) is 31.2 Å². The Morgan fingerprint density at radius 2 is 2.00 bits per heavy atom. The van der Waals surface area contributed by atoms with E-state index in [4.69, 9.17) is 4.74 Å². The van der Waals surface area contributed by atoms with E-state index in [0.717, 1.165) is 36.8 Å². The fourth-order valence-electron chi connectivity index (χ4n) is 2.44. The molecule has 0 saturated carbocycles. The van der Waals surface area contributed by atoms with Crippen molar-refractivity contribution < 1.29 is 9.53 Å². The zero-order valence-electron chi connectivity index (χ0n) is 13.6. The van der Waals surface area contributed by atoms with Gasteiger partial charge in [0, 0.05) is 6.92 Å². The molecule has 1 aliphatic rings. The van der Waals surface area contributed by atoms with Gasteiger partial charge < -0.3 is 4.74 Å². The molecule has 0 N–H and O–H groups in total. The normalized spacial score (nSPS) is 22.8. The molecule has 0 unspecified atom stereocenters. The van der Waals surface area contributed by atoms with Gasteiger partial charge in [0.2, 0.25) is 5.88 Å². The zero-order chi connectivity index (χ0) is 15.9. The number of carbonyl (C=O) groups is 1. The first-order valence-electron chi connectivity index (χ1n) is 7.77. The van der Waals surface area contributed by atoms with E-state index in [9.17, 15) is 4.79 Å². The Labute approximate surface area is 132 Å². The molecule has 3 heteroatoms. The molecule has 0 atom stereocenters. The minimum atomic E-state index is -0.0486. The third-order valence-electron chi connectivity index (χ3n) is 3.81. The Kier molecular flexibility index (Phi) is 5.70. The van der Waals surface area contributed by atoms with E-state index in [-0.39, 0.29) is 5.78 Å².